The molecule has 1 aliphatic rings. The summed E-state index contributed by atoms with van der Waals surface area (Å²) in [7, 11) is 0. The lowest BCUT2D eigenvalue weighted by atomic mass is 10.9. The number of hydrogen-bond donors (Lipinski definition) is 3. The largest absolute Gasteiger partial charge is 0.295 e. The van der Waals surface area contributed by atoms with Gasteiger partial charge in [0.05, 0.1) is 0 Å². The van der Waals surface area contributed by atoms with Gasteiger partial charge >= 0.3 is 0 Å². The van der Waals surface area contributed by atoms with Crippen molar-refractivity contribution in [3.05, 3.63) is 0 Å². The molecule has 0 spiro atoms. The molecule has 0 radical (unpaired) electrons. The zero-order chi connectivity index (χ0) is 5.28. The molecule has 0 aromatic heterocycles. The third-order valence-corrected chi connectivity index (χ3v) is 0.719. The van der Waals surface area contributed by atoms with Gasteiger partial charge in [-0.2, -0.15) is 0 Å². The number of nitrogens with one attached hydrogen (secondary N) is 1. The van der Waals surface area contributed by atoms with Crippen LogP contribution in [0.5, 0.6) is 0 Å². The van der Waals surface area contributed by atoms with Crippen molar-refractivity contribution in [2.45, 2.75) is 6.29 Å². The molecule has 0 saturated carbocycles. The molecule has 1 aliphatic heterocycles. The van der Waals surface area contributed by atoms with Crippen molar-refractivity contribution >= 4 is 6.34 Å². The van der Waals surface area contributed by atoms with E-state index >= 15 is 0 Å². The maximum Gasteiger partial charge on any atom is 0.185 e. The second-order valence-electron chi connectivity index (χ2n) is 1.23. The fourth-order valence-electron chi connectivity index (χ4n) is 0.325. The molecule has 5 nitrogen and oxygen atoms in total. The minimum Gasteiger partial charge on any atom is -0.295 e. The monoisotopic (exact) mass is 101 g/mol. The summed E-state index contributed by atoms with van der Waals surface area (Å²) in [5, 5.41) is 1.21. The predicted molar refractivity (Wildman–Crippen MR) is 25.6 cm³/mol. The lowest BCUT2D eigenvalue weighted by Gasteiger charge is -2.10. The molecule has 1 rings (SSSR count). The number of hydrazine groups is 2. The van der Waals surface area contributed by atoms with Crippen LogP contribution in [0.2, 0.25) is 0 Å². The smallest absolute Gasteiger partial charge is 0.185 e. The van der Waals surface area contributed by atoms with E-state index < -0.39 is 6.29 Å². The molecule has 40 valence electrons. The van der Waals surface area contributed by atoms with Gasteiger partial charge in [0.1, 0.15) is 6.34 Å². The van der Waals surface area contributed by atoms with E-state index in [1.165, 1.54) is 11.5 Å². The third kappa shape index (κ3) is 0.687. The number of rotatable bonds is 0. The Balaban J connectivity index is 2.45. The Labute approximate surface area is 40.9 Å². The van der Waals surface area contributed by atoms with Crippen molar-refractivity contribution in [2.75, 3.05) is 0 Å². The van der Waals surface area contributed by atoms with Gasteiger partial charge in [0.2, 0.25) is 0 Å². The maximum atomic E-state index is 5.22. The summed E-state index contributed by atoms with van der Waals surface area (Å²) in [6, 6.07) is 0. The van der Waals surface area contributed by atoms with Gasteiger partial charge in [0, 0.05) is 0 Å². The zero-order valence-corrected chi connectivity index (χ0v) is 3.70. The molecular formula is C2H7N5. The summed E-state index contributed by atoms with van der Waals surface area (Å²) in [6.07, 6.45) is 1.03. The van der Waals surface area contributed by atoms with E-state index in [4.69, 9.17) is 11.6 Å². The average molecular weight is 101 g/mol. The van der Waals surface area contributed by atoms with Gasteiger partial charge in [-0.1, -0.05) is 0 Å². The molecule has 0 aromatic carbocycles. The van der Waals surface area contributed by atoms with E-state index in [-0.39, 0.29) is 0 Å². The molecule has 5 heteroatoms. The molecule has 5 N–H and O–H groups in total. The van der Waals surface area contributed by atoms with Crippen LogP contribution in [-0.4, -0.2) is 17.7 Å². The van der Waals surface area contributed by atoms with Crippen molar-refractivity contribution in [2.24, 2.45) is 16.6 Å². The molecule has 0 aromatic rings. The second kappa shape index (κ2) is 1.45. The Kier molecular flexibility index (Phi) is 0.935. The van der Waals surface area contributed by atoms with Gasteiger partial charge in [0.25, 0.3) is 0 Å². The molecule has 1 unspecified atom stereocenters. The Hall–Kier alpha value is -0.650. The first kappa shape index (κ1) is 4.51. The van der Waals surface area contributed by atoms with E-state index in [2.05, 4.69) is 10.4 Å². The minimum atomic E-state index is -0.417. The predicted octanol–water partition coefficient (Wildman–Crippen LogP) is -2.05. The van der Waals surface area contributed by atoms with Gasteiger partial charge in [-0.05, 0) is 0 Å². The van der Waals surface area contributed by atoms with Crippen LogP contribution in [0.4, 0.5) is 0 Å². The molecule has 1 atom stereocenters. The fraction of sp³-hybridized carbons (Fsp3) is 0.500. The molecule has 0 fully saturated rings. The number of hydrogen-bond acceptors (Lipinski definition) is 5. The zero-order valence-electron chi connectivity index (χ0n) is 3.70. The summed E-state index contributed by atoms with van der Waals surface area (Å²) in [5.74, 6) is 5.15. The summed E-state index contributed by atoms with van der Waals surface area (Å²) < 4.78 is 0. The van der Waals surface area contributed by atoms with Crippen molar-refractivity contribution in [3.63, 3.8) is 0 Å². The third-order valence-electron chi connectivity index (χ3n) is 0.719. The number of nitrogens with two attached hydrogens (primary N) is 2. The van der Waals surface area contributed by atoms with E-state index in [9.17, 15) is 0 Å². The SMILES string of the molecule is NC1N=CNN1N. The van der Waals surface area contributed by atoms with Crippen LogP contribution in [0.3, 0.4) is 0 Å². The Morgan fingerprint density at radius 2 is 2.57 bits per heavy atom. The van der Waals surface area contributed by atoms with Gasteiger partial charge < -0.3 is 0 Å². The van der Waals surface area contributed by atoms with Crippen LogP contribution in [-0.2, 0) is 0 Å². The average Bonchev–Trinajstić information content (AvgIpc) is 1.91. The van der Waals surface area contributed by atoms with Gasteiger partial charge in [0.15, 0.2) is 6.29 Å². The van der Waals surface area contributed by atoms with Crippen molar-refractivity contribution in [1.82, 2.24) is 10.5 Å². The molecule has 0 aliphatic carbocycles. The van der Waals surface area contributed by atoms with E-state index in [1.807, 2.05) is 0 Å². The highest BCUT2D eigenvalue weighted by molar-refractivity contribution is 5.55. The van der Waals surface area contributed by atoms with Gasteiger partial charge in [-0.25, -0.2) is 10.8 Å². The minimum absolute atomic E-state index is 0.417. The highest BCUT2D eigenvalue weighted by Crippen LogP contribution is 1.84. The van der Waals surface area contributed by atoms with Gasteiger partial charge in [-0.15, -0.1) is 5.12 Å². The lowest BCUT2D eigenvalue weighted by molar-refractivity contribution is 0.200. The summed E-state index contributed by atoms with van der Waals surface area (Å²) in [5.41, 5.74) is 7.78. The molecule has 7 heavy (non-hydrogen) atoms. The summed E-state index contributed by atoms with van der Waals surface area (Å²) >= 11 is 0. The molecular weight excluding hydrogens is 94.1 g/mol. The Morgan fingerprint density at radius 1 is 1.86 bits per heavy atom. The molecule has 0 amide bonds. The quantitative estimate of drug-likeness (QED) is 0.307. The Bertz CT molecular complexity index is 88.1. The summed E-state index contributed by atoms with van der Waals surface area (Å²) in [6.45, 7) is 0. The first-order valence-corrected chi connectivity index (χ1v) is 1.88. The normalized spacial score (nSPS) is 30.9. The number of aliphatic imine (C=N–C) groups is 1. The maximum absolute atomic E-state index is 5.22. The van der Waals surface area contributed by atoms with Crippen LogP contribution < -0.4 is 17.0 Å². The fourth-order valence-corrected chi connectivity index (χ4v) is 0.325. The number of nitrogens with zero attached hydrogens (tertiary/aromatic N) is 2. The first-order chi connectivity index (χ1) is 3.30. The van der Waals surface area contributed by atoms with E-state index in [0.29, 0.717) is 0 Å². The van der Waals surface area contributed by atoms with Crippen LogP contribution in [0.15, 0.2) is 4.99 Å². The van der Waals surface area contributed by atoms with Crippen molar-refractivity contribution in [1.29, 1.82) is 0 Å². The highest BCUT2D eigenvalue weighted by atomic mass is 15.7. The van der Waals surface area contributed by atoms with Crippen molar-refractivity contribution < 1.29 is 0 Å². The summed E-state index contributed by atoms with van der Waals surface area (Å²) in [4.78, 5) is 3.66. The topological polar surface area (TPSA) is 79.7 Å². The lowest BCUT2D eigenvalue weighted by Crippen LogP contribution is -2.48. The Morgan fingerprint density at radius 3 is 2.71 bits per heavy atom. The molecule has 1 heterocycles. The van der Waals surface area contributed by atoms with Crippen molar-refractivity contribution in [3.8, 4) is 0 Å². The first-order valence-electron chi connectivity index (χ1n) is 1.88. The standard InChI is InChI=1S/C2H7N5/c3-2-5-1-6-7(2)4/h1-2H,3-4H2,(H,5,6). The van der Waals surface area contributed by atoms with Gasteiger partial charge in [-0.3, -0.25) is 11.2 Å². The van der Waals surface area contributed by atoms with E-state index in [1.54, 1.807) is 0 Å². The highest BCUT2D eigenvalue weighted by Gasteiger charge is 2.09. The second-order valence-corrected chi connectivity index (χ2v) is 1.23. The molecule has 0 saturated heterocycles. The van der Waals surface area contributed by atoms with Crippen LogP contribution in [0, 0.1) is 0 Å². The van der Waals surface area contributed by atoms with Crippen LogP contribution >= 0.6 is 0 Å². The van der Waals surface area contributed by atoms with Crippen LogP contribution in [0.1, 0.15) is 0 Å². The van der Waals surface area contributed by atoms with E-state index in [0.717, 1.165) is 0 Å². The van der Waals surface area contributed by atoms with Crippen LogP contribution in [0.25, 0.3) is 0 Å². The molecule has 0 bridgehead atoms.